The Morgan fingerprint density at radius 3 is 2.80 bits per heavy atom. The molecule has 0 saturated heterocycles. The Balaban J connectivity index is 2.08. The second kappa shape index (κ2) is 6.35. The van der Waals surface area contributed by atoms with Crippen LogP contribution in [-0.4, -0.2) is 24.5 Å². The average Bonchev–Trinajstić information content (AvgIpc) is 2.84. The Morgan fingerprint density at radius 2 is 2.12 bits per heavy atom. The molecule has 0 aromatic carbocycles. The van der Waals surface area contributed by atoms with E-state index in [1.54, 1.807) is 16.7 Å². The summed E-state index contributed by atoms with van der Waals surface area (Å²) in [5.41, 5.74) is 1.16. The average molecular weight is 357 g/mol. The molecular formula is C17H21N4O3Si+. The maximum atomic E-state index is 12.0. The fourth-order valence-electron chi connectivity index (χ4n) is 2.78. The zero-order chi connectivity index (χ0) is 18.2. The van der Waals surface area contributed by atoms with Crippen molar-refractivity contribution in [3.8, 4) is 6.07 Å². The molecule has 0 amide bonds. The van der Waals surface area contributed by atoms with Crippen molar-refractivity contribution in [1.82, 2.24) is 4.57 Å². The van der Waals surface area contributed by atoms with Gasteiger partial charge in [0.1, 0.15) is 6.20 Å². The highest BCUT2D eigenvalue weighted by Gasteiger charge is 2.25. The maximum Gasteiger partial charge on any atom is 0.331 e. The summed E-state index contributed by atoms with van der Waals surface area (Å²) in [5.74, 6) is 0. The molecular weight excluding hydrogens is 336 g/mol. The first-order chi connectivity index (χ1) is 11.8. The summed E-state index contributed by atoms with van der Waals surface area (Å²) in [7, 11) is -1.20. The topological polar surface area (TPSA) is 89.0 Å². The first kappa shape index (κ1) is 17.2. The van der Waals surface area contributed by atoms with Crippen LogP contribution in [0.25, 0.3) is 21.9 Å². The summed E-state index contributed by atoms with van der Waals surface area (Å²) >= 11 is 0. The summed E-state index contributed by atoms with van der Waals surface area (Å²) in [5, 5.41) is 32.8. The predicted molar refractivity (Wildman–Crippen MR) is 94.6 cm³/mol. The zero-order valence-electron chi connectivity index (χ0n) is 14.6. The number of aromatic nitrogens is 3. The summed E-state index contributed by atoms with van der Waals surface area (Å²) in [6.45, 7) is 7.69. The van der Waals surface area contributed by atoms with Crippen LogP contribution < -0.4 is 9.46 Å². The van der Waals surface area contributed by atoms with E-state index in [0.29, 0.717) is 22.5 Å². The van der Waals surface area contributed by atoms with Crippen molar-refractivity contribution in [3.05, 3.63) is 41.5 Å². The molecule has 3 rings (SSSR count). The van der Waals surface area contributed by atoms with Crippen molar-refractivity contribution in [2.45, 2.75) is 32.4 Å². The third-order valence-corrected chi connectivity index (χ3v) is 5.85. The second-order valence-corrected chi connectivity index (χ2v) is 12.9. The van der Waals surface area contributed by atoms with E-state index in [9.17, 15) is 10.4 Å². The highest BCUT2D eigenvalue weighted by Crippen LogP contribution is 2.26. The maximum absolute atomic E-state index is 12.0. The molecule has 0 aliphatic rings. The van der Waals surface area contributed by atoms with Crippen molar-refractivity contribution >= 4 is 30.0 Å². The molecule has 130 valence electrons. The Labute approximate surface area is 146 Å². The van der Waals surface area contributed by atoms with E-state index in [2.05, 4.69) is 19.6 Å². The number of hydrogen-bond acceptors (Lipinski definition) is 4. The molecule has 3 aromatic rings. The molecule has 3 aromatic heterocycles. The quantitative estimate of drug-likeness (QED) is 0.249. The van der Waals surface area contributed by atoms with Gasteiger partial charge in [-0.25, -0.2) is 0 Å². The number of fused-ring (bicyclic) bond motifs is 3. The van der Waals surface area contributed by atoms with Crippen LogP contribution in [0.4, 0.5) is 0 Å². The molecule has 0 fully saturated rings. The summed E-state index contributed by atoms with van der Waals surface area (Å²) in [4.78, 5) is 0. The van der Waals surface area contributed by atoms with Gasteiger partial charge in [-0.3, -0.25) is 0 Å². The number of hydrogen-bond donors (Lipinski definition) is 1. The standard InChI is InChI=1S/C17H21N4O3Si/c1-25(2,3)8-7-24-12-19-16-11-21(23)13(10-18)9-15(16)14-5-4-6-20(22)17(14)19/h4-6,9,11,22H,7-8,12H2,1-3H3/q+1. The lowest BCUT2D eigenvalue weighted by atomic mass is 10.2. The van der Waals surface area contributed by atoms with Crippen molar-refractivity contribution < 1.29 is 19.4 Å². The van der Waals surface area contributed by atoms with Crippen LogP contribution in [0.2, 0.25) is 25.7 Å². The highest BCUT2D eigenvalue weighted by molar-refractivity contribution is 6.76. The Hall–Kier alpha value is -2.63. The normalized spacial score (nSPS) is 11.9. The molecule has 0 unspecified atom stereocenters. The van der Waals surface area contributed by atoms with Gasteiger partial charge in [-0.2, -0.15) is 14.6 Å². The zero-order valence-corrected chi connectivity index (χ0v) is 15.6. The predicted octanol–water partition coefficient (Wildman–Crippen LogP) is 2.14. The molecule has 8 heteroatoms. The molecule has 0 saturated carbocycles. The van der Waals surface area contributed by atoms with Gasteiger partial charge in [0, 0.05) is 20.7 Å². The Kier molecular flexibility index (Phi) is 4.37. The number of ether oxygens (including phenoxy) is 1. The van der Waals surface area contributed by atoms with Crippen LogP contribution in [0.5, 0.6) is 0 Å². The molecule has 25 heavy (non-hydrogen) atoms. The van der Waals surface area contributed by atoms with Crippen LogP contribution in [-0.2, 0) is 11.5 Å². The minimum absolute atomic E-state index is 0.0135. The lowest BCUT2D eigenvalue weighted by Gasteiger charge is -2.14. The molecule has 0 atom stereocenters. The van der Waals surface area contributed by atoms with Gasteiger partial charge in [0.05, 0.1) is 10.8 Å². The number of rotatable bonds is 5. The highest BCUT2D eigenvalue weighted by atomic mass is 28.3. The third kappa shape index (κ3) is 3.29. The molecule has 0 radical (unpaired) electrons. The summed E-state index contributed by atoms with van der Waals surface area (Å²) in [6.07, 6.45) is 2.88. The van der Waals surface area contributed by atoms with E-state index in [0.717, 1.165) is 21.5 Å². The molecule has 0 aliphatic heterocycles. The van der Waals surface area contributed by atoms with Gasteiger partial charge in [0.25, 0.3) is 5.69 Å². The first-order valence-corrected chi connectivity index (χ1v) is 11.8. The van der Waals surface area contributed by atoms with E-state index < -0.39 is 8.07 Å². The van der Waals surface area contributed by atoms with Crippen molar-refractivity contribution in [2.75, 3.05) is 6.61 Å². The van der Waals surface area contributed by atoms with Crippen molar-refractivity contribution in [3.63, 3.8) is 0 Å². The van der Waals surface area contributed by atoms with Gasteiger partial charge >= 0.3 is 5.65 Å². The van der Waals surface area contributed by atoms with Gasteiger partial charge in [0.15, 0.2) is 12.8 Å². The van der Waals surface area contributed by atoms with E-state index >= 15 is 0 Å². The van der Waals surface area contributed by atoms with Crippen LogP contribution in [0, 0.1) is 16.5 Å². The fourth-order valence-corrected chi connectivity index (χ4v) is 3.54. The van der Waals surface area contributed by atoms with Gasteiger partial charge in [-0.15, -0.1) is 0 Å². The van der Waals surface area contributed by atoms with Crippen LogP contribution in [0.1, 0.15) is 5.69 Å². The minimum atomic E-state index is -1.20. The molecule has 0 bridgehead atoms. The van der Waals surface area contributed by atoms with Gasteiger partial charge < -0.3 is 15.2 Å². The lowest BCUT2D eigenvalue weighted by Crippen LogP contribution is -2.33. The van der Waals surface area contributed by atoms with Crippen LogP contribution in [0.3, 0.4) is 0 Å². The van der Waals surface area contributed by atoms with E-state index in [1.165, 1.54) is 12.4 Å². The molecule has 1 N–H and O–H groups in total. The first-order valence-electron chi connectivity index (χ1n) is 8.09. The largest absolute Gasteiger partial charge is 0.618 e. The van der Waals surface area contributed by atoms with Crippen LogP contribution in [0.15, 0.2) is 30.6 Å². The van der Waals surface area contributed by atoms with E-state index in [-0.39, 0.29) is 12.4 Å². The molecule has 0 aliphatic carbocycles. The van der Waals surface area contributed by atoms with Crippen molar-refractivity contribution in [1.29, 1.82) is 5.26 Å². The van der Waals surface area contributed by atoms with Crippen molar-refractivity contribution in [2.24, 2.45) is 0 Å². The fraction of sp³-hybridized carbons (Fsp3) is 0.353. The number of nitrogens with zero attached hydrogens (tertiary/aromatic N) is 4. The summed E-state index contributed by atoms with van der Waals surface area (Å²) in [6, 6.07) is 8.02. The van der Waals surface area contributed by atoms with Gasteiger partial charge in [-0.05, 0) is 18.2 Å². The summed E-state index contributed by atoms with van der Waals surface area (Å²) < 4.78 is 9.13. The third-order valence-electron chi connectivity index (χ3n) is 4.15. The molecule has 3 heterocycles. The van der Waals surface area contributed by atoms with Gasteiger partial charge in [-0.1, -0.05) is 24.4 Å². The van der Waals surface area contributed by atoms with Gasteiger partial charge in [0.2, 0.25) is 11.7 Å². The smallest absolute Gasteiger partial charge is 0.331 e. The van der Waals surface area contributed by atoms with E-state index in [1.807, 2.05) is 12.1 Å². The molecule has 7 nitrogen and oxygen atoms in total. The van der Waals surface area contributed by atoms with E-state index in [4.69, 9.17) is 10.00 Å². The SMILES string of the molecule is C[Si](C)(C)CCOCn1c2c[n+]([O-])c(C#N)cc2c2ccc[n+](O)c21. The minimum Gasteiger partial charge on any atom is -0.618 e. The lowest BCUT2D eigenvalue weighted by molar-refractivity contribution is -0.886. The second-order valence-electron chi connectivity index (χ2n) is 7.26. The number of nitriles is 1. The Morgan fingerprint density at radius 1 is 1.36 bits per heavy atom. The Bertz CT molecular complexity index is 986. The number of pyridine rings is 2. The monoisotopic (exact) mass is 357 g/mol. The van der Waals surface area contributed by atoms with Crippen LogP contribution >= 0.6 is 0 Å². The molecule has 0 spiro atoms.